The van der Waals surface area contributed by atoms with Gasteiger partial charge >= 0.3 is 17.9 Å². The van der Waals surface area contributed by atoms with Crippen molar-refractivity contribution in [2.45, 2.75) is 99.4 Å². The molecule has 0 amide bonds. The van der Waals surface area contributed by atoms with Crippen molar-refractivity contribution in [1.82, 2.24) is 0 Å². The van der Waals surface area contributed by atoms with Crippen molar-refractivity contribution in [3.63, 3.8) is 0 Å². The van der Waals surface area contributed by atoms with E-state index in [4.69, 9.17) is 10.2 Å². The number of hydrogen-bond donors (Lipinski definition) is 2. The standard InChI is InChI=1S/C3H8O3.C3H6O3.2C3H6O2.C3H6O.C3H8.6CH4/c1-5-3-6-2-4;1-3(5)6-2-4;2*1-3(4)5-2;1-3(2)4;1-3-2;;;;;;/h4H,2-3H2,1H3;4H,2H2,1H3;2*1-2H3;1-2H3;3H2,1-2H3;6*1H4. The van der Waals surface area contributed by atoms with Gasteiger partial charge in [0.05, 0.1) is 14.2 Å². The van der Waals surface area contributed by atoms with Gasteiger partial charge in [-0.05, 0) is 13.8 Å². The zero-order valence-corrected chi connectivity index (χ0v) is 19.4. The predicted octanol–water partition coefficient (Wildman–Crippen LogP) is 5.24. The molecule has 0 spiro atoms. The van der Waals surface area contributed by atoms with Crippen LogP contribution in [0.4, 0.5) is 0 Å². The fourth-order valence-electron chi connectivity index (χ4n) is 0.212. The molecule has 2 N–H and O–H groups in total. The molecule has 0 saturated heterocycles. The maximum atomic E-state index is 9.66. The molecule has 0 atom stereocenters. The zero-order chi connectivity index (χ0) is 24.7. The van der Waals surface area contributed by atoms with Gasteiger partial charge in [-0.15, -0.1) is 0 Å². The Morgan fingerprint density at radius 3 is 0.857 bits per heavy atom. The van der Waals surface area contributed by atoms with E-state index in [2.05, 4.69) is 37.5 Å². The van der Waals surface area contributed by atoms with Crippen molar-refractivity contribution < 1.29 is 53.1 Å². The summed E-state index contributed by atoms with van der Waals surface area (Å²) in [5.74, 6) is -0.785. The molecular weight excluding hydrogens is 464 g/mol. The van der Waals surface area contributed by atoms with Crippen LogP contribution in [-0.4, -0.2) is 75.6 Å². The summed E-state index contributed by atoms with van der Waals surface area (Å²) < 4.78 is 20.9. The van der Waals surface area contributed by atoms with Gasteiger partial charge in [0.15, 0.2) is 6.79 Å². The van der Waals surface area contributed by atoms with E-state index in [1.807, 2.05) is 0 Å². The lowest BCUT2D eigenvalue weighted by Gasteiger charge is -1.92. The van der Waals surface area contributed by atoms with Gasteiger partial charge in [-0.1, -0.05) is 64.8 Å². The van der Waals surface area contributed by atoms with Crippen LogP contribution in [-0.2, 0) is 42.9 Å². The van der Waals surface area contributed by atoms with Gasteiger partial charge in [0.1, 0.15) is 19.4 Å². The second-order valence-electron chi connectivity index (χ2n) is 4.51. The molecule has 0 aromatic carbocycles. The summed E-state index contributed by atoms with van der Waals surface area (Å²) >= 11 is 0. The largest absolute Gasteiger partial charge is 0.469 e. The summed E-state index contributed by atoms with van der Waals surface area (Å²) in [6.45, 7) is 10.6. The number of ether oxygens (including phenoxy) is 5. The van der Waals surface area contributed by atoms with Crippen LogP contribution < -0.4 is 0 Å². The number of carbonyl (C=O) groups is 4. The number of aliphatic hydroxyl groups excluding tert-OH is 2. The fraction of sp³-hybridized carbons (Fsp3) is 0.833. The van der Waals surface area contributed by atoms with Crippen LogP contribution in [0.25, 0.3) is 0 Å². The molecule has 0 aromatic rings. The van der Waals surface area contributed by atoms with Crippen LogP contribution in [0.5, 0.6) is 0 Å². The molecule has 0 unspecified atom stereocenters. The zero-order valence-electron chi connectivity index (χ0n) is 19.4. The van der Waals surface area contributed by atoms with E-state index in [0.717, 1.165) is 0 Å². The summed E-state index contributed by atoms with van der Waals surface area (Å²) in [6.07, 6.45) is 1.25. The monoisotopic (exact) mass is 528 g/mol. The Kier molecular flexibility index (Phi) is 187. The Balaban J connectivity index is -0.0000000177. The lowest BCUT2D eigenvalue weighted by atomic mass is 10.6. The first-order valence-electron chi connectivity index (χ1n) is 8.35. The Hall–Kier alpha value is -2.08. The molecular formula is C24H64O11. The van der Waals surface area contributed by atoms with Gasteiger partial charge in [-0.2, -0.15) is 0 Å². The highest BCUT2D eigenvalue weighted by Gasteiger charge is 1.82. The van der Waals surface area contributed by atoms with Crippen LogP contribution >= 0.6 is 0 Å². The third-order valence-corrected chi connectivity index (χ3v) is 1.14. The molecule has 0 aromatic heterocycles. The third kappa shape index (κ3) is 456. The Labute approximate surface area is 218 Å². The maximum Gasteiger partial charge on any atom is 0.304 e. The van der Waals surface area contributed by atoms with Crippen LogP contribution in [0, 0.1) is 0 Å². The van der Waals surface area contributed by atoms with Crippen molar-refractivity contribution in [1.29, 1.82) is 0 Å². The first-order valence-corrected chi connectivity index (χ1v) is 8.35. The number of hydrogen-bond acceptors (Lipinski definition) is 11. The van der Waals surface area contributed by atoms with Gasteiger partial charge < -0.3 is 38.7 Å². The van der Waals surface area contributed by atoms with Crippen LogP contribution in [0.1, 0.15) is 99.4 Å². The number of rotatable bonds is 4. The minimum atomic E-state index is -0.519. The summed E-state index contributed by atoms with van der Waals surface area (Å²) in [4.78, 5) is 38.3. The summed E-state index contributed by atoms with van der Waals surface area (Å²) in [7, 11) is 4.19. The van der Waals surface area contributed by atoms with E-state index in [9.17, 15) is 19.2 Å². The van der Waals surface area contributed by atoms with Crippen molar-refractivity contribution >= 4 is 23.7 Å². The molecule has 11 heteroatoms. The van der Waals surface area contributed by atoms with Gasteiger partial charge in [-0.25, -0.2) is 0 Å². The molecule has 0 heterocycles. The minimum Gasteiger partial charge on any atom is -0.469 e. The van der Waals surface area contributed by atoms with Gasteiger partial charge in [0, 0.05) is 27.9 Å². The summed E-state index contributed by atoms with van der Waals surface area (Å²) in [5.41, 5.74) is 0. The predicted molar refractivity (Wildman–Crippen MR) is 147 cm³/mol. The first kappa shape index (κ1) is 76.6. The first-order chi connectivity index (χ1) is 13.4. The quantitative estimate of drug-likeness (QED) is 0.213. The molecule has 0 saturated carbocycles. The molecule has 0 aliphatic carbocycles. The SMILES string of the molecule is C.C.C.C.C.C.CC(=O)OCO.CC(C)=O.CCC.COC(C)=O.COC(C)=O.COCOCO. The van der Waals surface area contributed by atoms with Crippen LogP contribution in [0.2, 0.25) is 0 Å². The second-order valence-corrected chi connectivity index (χ2v) is 4.51. The summed E-state index contributed by atoms with van der Waals surface area (Å²) in [5, 5.41) is 15.7. The number of esters is 3. The Morgan fingerprint density at radius 1 is 0.600 bits per heavy atom. The maximum absolute atomic E-state index is 9.66. The van der Waals surface area contributed by atoms with Crippen molar-refractivity contribution in [3.8, 4) is 0 Å². The molecule has 0 fully saturated rings. The van der Waals surface area contributed by atoms with Gasteiger partial charge in [0.25, 0.3) is 0 Å². The average Bonchev–Trinajstić information content (AvgIpc) is 2.61. The number of methoxy groups -OCH3 is 3. The lowest BCUT2D eigenvalue weighted by Crippen LogP contribution is -1.97. The van der Waals surface area contributed by atoms with Crippen molar-refractivity contribution in [3.05, 3.63) is 0 Å². The third-order valence-electron chi connectivity index (χ3n) is 1.14. The minimum absolute atomic E-state index is 0. The molecule has 0 aliphatic heterocycles. The number of carbonyl (C=O) groups excluding carboxylic acids is 4. The van der Waals surface area contributed by atoms with E-state index < -0.39 is 12.8 Å². The van der Waals surface area contributed by atoms with Crippen molar-refractivity contribution in [2.24, 2.45) is 0 Å². The highest BCUT2D eigenvalue weighted by molar-refractivity contribution is 5.72. The molecule has 11 nitrogen and oxygen atoms in total. The molecule has 0 bridgehead atoms. The second kappa shape index (κ2) is 85.3. The molecule has 35 heavy (non-hydrogen) atoms. The Bertz CT molecular complexity index is 326. The average molecular weight is 529 g/mol. The number of ketones is 1. The fourth-order valence-corrected chi connectivity index (χ4v) is 0.212. The molecule has 0 radical (unpaired) electrons. The smallest absolute Gasteiger partial charge is 0.304 e. The summed E-state index contributed by atoms with van der Waals surface area (Å²) in [6, 6.07) is 0. The topological polar surface area (TPSA) is 155 Å². The van der Waals surface area contributed by atoms with E-state index in [1.54, 1.807) is 0 Å². The van der Waals surface area contributed by atoms with E-state index >= 15 is 0 Å². The molecule has 0 rings (SSSR count). The number of Topliss-reactive ketones (excluding diaryl/α,β-unsaturated/α-hetero) is 1. The van der Waals surface area contributed by atoms with Gasteiger partial charge in [0.2, 0.25) is 0 Å². The molecule has 226 valence electrons. The van der Waals surface area contributed by atoms with Crippen LogP contribution in [0.15, 0.2) is 0 Å². The number of aliphatic hydroxyl groups is 2. The van der Waals surface area contributed by atoms with E-state index in [1.165, 1.54) is 62.4 Å². The molecule has 0 aliphatic rings. The Morgan fingerprint density at radius 2 is 0.829 bits per heavy atom. The highest BCUT2D eigenvalue weighted by Crippen LogP contribution is 1.67. The highest BCUT2D eigenvalue weighted by atomic mass is 16.7. The van der Waals surface area contributed by atoms with Gasteiger partial charge in [-0.3, -0.25) is 14.4 Å². The van der Waals surface area contributed by atoms with Crippen molar-refractivity contribution in [2.75, 3.05) is 41.7 Å². The normalized spacial score (nSPS) is 6.06. The lowest BCUT2D eigenvalue weighted by molar-refractivity contribution is -0.149. The van der Waals surface area contributed by atoms with E-state index in [-0.39, 0.29) is 75.9 Å². The van der Waals surface area contributed by atoms with Crippen LogP contribution in [0.3, 0.4) is 0 Å². The van der Waals surface area contributed by atoms with E-state index in [0.29, 0.717) is 0 Å².